The number of hydrogen-bond acceptors (Lipinski definition) is 1. The van der Waals surface area contributed by atoms with Crippen molar-refractivity contribution in [3.8, 4) is 0 Å². The molecule has 0 fully saturated rings. The van der Waals surface area contributed by atoms with Crippen LogP contribution >= 0.6 is 0 Å². The van der Waals surface area contributed by atoms with E-state index in [1.54, 1.807) is 0 Å². The zero-order chi connectivity index (χ0) is 11.4. The Morgan fingerprint density at radius 1 is 1.07 bits per heavy atom. The van der Waals surface area contributed by atoms with Crippen molar-refractivity contribution >= 4 is 5.97 Å². The molecule has 0 amide bonds. The van der Waals surface area contributed by atoms with Gasteiger partial charge in [0.05, 0.1) is 0 Å². The highest BCUT2D eigenvalue weighted by Crippen LogP contribution is 2.07. The summed E-state index contributed by atoms with van der Waals surface area (Å²) in [5, 5.41) is 8.42. The van der Waals surface area contributed by atoms with Crippen LogP contribution in [0.1, 0.15) is 51.9 Å². The lowest BCUT2D eigenvalue weighted by atomic mass is 10.1. The van der Waals surface area contributed by atoms with Gasteiger partial charge in [0.2, 0.25) is 0 Å². The van der Waals surface area contributed by atoms with Crippen LogP contribution in [0.3, 0.4) is 0 Å². The molecule has 0 heterocycles. The predicted molar refractivity (Wildman–Crippen MR) is 63.9 cm³/mol. The second-order valence-electron chi connectivity index (χ2n) is 3.65. The van der Waals surface area contributed by atoms with E-state index in [4.69, 9.17) is 5.11 Å². The maximum Gasteiger partial charge on any atom is 0.303 e. The van der Waals surface area contributed by atoms with Gasteiger partial charge in [-0.15, -0.1) is 0 Å². The number of aliphatic carboxylic acids is 1. The molecule has 0 spiro atoms. The monoisotopic (exact) mass is 210 g/mol. The molecule has 0 rings (SSSR count). The zero-order valence-electron chi connectivity index (χ0n) is 9.61. The largest absolute Gasteiger partial charge is 0.481 e. The van der Waals surface area contributed by atoms with Crippen molar-refractivity contribution in [3.63, 3.8) is 0 Å². The normalized spacial score (nSPS) is 11.5. The quantitative estimate of drug-likeness (QED) is 0.462. The van der Waals surface area contributed by atoms with Crippen LogP contribution in [0, 0.1) is 0 Å². The molecule has 1 N–H and O–H groups in total. The molecule has 0 aliphatic heterocycles. The number of allylic oxidation sites excluding steroid dienone is 4. The summed E-state index contributed by atoms with van der Waals surface area (Å²) in [4.78, 5) is 10.2. The van der Waals surface area contributed by atoms with E-state index in [0.29, 0.717) is 6.42 Å². The number of carboxylic acids is 1. The van der Waals surface area contributed by atoms with Gasteiger partial charge in [0, 0.05) is 6.42 Å². The summed E-state index contributed by atoms with van der Waals surface area (Å²) in [5.74, 6) is -0.677. The van der Waals surface area contributed by atoms with Gasteiger partial charge in [-0.2, -0.15) is 0 Å². The lowest BCUT2D eigenvalue weighted by Gasteiger charge is -1.97. The van der Waals surface area contributed by atoms with Crippen LogP contribution in [0.5, 0.6) is 0 Å². The first-order valence-corrected chi connectivity index (χ1v) is 5.77. The van der Waals surface area contributed by atoms with Crippen molar-refractivity contribution in [1.29, 1.82) is 0 Å². The van der Waals surface area contributed by atoms with Crippen LogP contribution in [-0.2, 0) is 4.79 Å². The Balaban J connectivity index is 3.08. The SMILES string of the molecule is C/C=C/C=C/CCCCCCCC(=O)O. The fraction of sp³-hybridized carbons (Fsp3) is 0.615. The van der Waals surface area contributed by atoms with Crippen LogP contribution in [0.4, 0.5) is 0 Å². The summed E-state index contributed by atoms with van der Waals surface area (Å²) in [6.45, 7) is 2.01. The Labute approximate surface area is 92.7 Å². The highest BCUT2D eigenvalue weighted by Gasteiger charge is 1.95. The molecule has 2 nitrogen and oxygen atoms in total. The Kier molecular flexibility index (Phi) is 10.3. The molecule has 0 bridgehead atoms. The maximum atomic E-state index is 10.2. The average Bonchev–Trinajstić information content (AvgIpc) is 2.20. The summed E-state index contributed by atoms with van der Waals surface area (Å²) >= 11 is 0. The van der Waals surface area contributed by atoms with E-state index in [9.17, 15) is 4.79 Å². The van der Waals surface area contributed by atoms with E-state index >= 15 is 0 Å². The first-order valence-electron chi connectivity index (χ1n) is 5.77. The van der Waals surface area contributed by atoms with Crippen molar-refractivity contribution in [2.45, 2.75) is 51.9 Å². The summed E-state index contributed by atoms with van der Waals surface area (Å²) in [7, 11) is 0. The highest BCUT2D eigenvalue weighted by molar-refractivity contribution is 5.66. The molecular weight excluding hydrogens is 188 g/mol. The van der Waals surface area contributed by atoms with Gasteiger partial charge >= 0.3 is 5.97 Å². The first-order chi connectivity index (χ1) is 7.27. The zero-order valence-corrected chi connectivity index (χ0v) is 9.61. The van der Waals surface area contributed by atoms with Crippen LogP contribution in [-0.4, -0.2) is 11.1 Å². The standard InChI is InChI=1S/C13H22O2/c1-2-3-4-5-6-7-8-9-10-11-12-13(14)15/h2-5H,6-12H2,1H3,(H,14,15)/b3-2+,5-4+. The van der Waals surface area contributed by atoms with E-state index in [1.165, 1.54) is 12.8 Å². The third-order valence-corrected chi connectivity index (χ3v) is 2.20. The Morgan fingerprint density at radius 2 is 1.73 bits per heavy atom. The molecule has 0 saturated carbocycles. The van der Waals surface area contributed by atoms with Gasteiger partial charge in [0.25, 0.3) is 0 Å². The van der Waals surface area contributed by atoms with E-state index in [1.807, 2.05) is 19.1 Å². The van der Waals surface area contributed by atoms with Crippen LogP contribution < -0.4 is 0 Å². The van der Waals surface area contributed by atoms with Crippen molar-refractivity contribution in [3.05, 3.63) is 24.3 Å². The molecule has 0 saturated heterocycles. The van der Waals surface area contributed by atoms with Gasteiger partial charge in [0.15, 0.2) is 0 Å². The highest BCUT2D eigenvalue weighted by atomic mass is 16.4. The molecule has 86 valence electrons. The number of unbranched alkanes of at least 4 members (excludes halogenated alkanes) is 5. The van der Waals surface area contributed by atoms with Crippen molar-refractivity contribution in [2.24, 2.45) is 0 Å². The number of carboxylic acid groups (broad SMARTS) is 1. The average molecular weight is 210 g/mol. The molecule has 0 aromatic heterocycles. The Hall–Kier alpha value is -1.05. The molecule has 0 aromatic rings. The van der Waals surface area contributed by atoms with Crippen molar-refractivity contribution in [1.82, 2.24) is 0 Å². The molecule has 0 aliphatic carbocycles. The van der Waals surface area contributed by atoms with Gasteiger partial charge in [-0.05, 0) is 26.2 Å². The van der Waals surface area contributed by atoms with E-state index < -0.39 is 5.97 Å². The number of rotatable bonds is 9. The summed E-state index contributed by atoms with van der Waals surface area (Å²) in [6, 6.07) is 0. The Bertz CT molecular complexity index is 205. The Morgan fingerprint density at radius 3 is 2.40 bits per heavy atom. The predicted octanol–water partition coefficient (Wildman–Crippen LogP) is 3.93. The van der Waals surface area contributed by atoms with E-state index in [0.717, 1.165) is 25.7 Å². The summed E-state index contributed by atoms with van der Waals surface area (Å²) in [5.41, 5.74) is 0. The van der Waals surface area contributed by atoms with Crippen LogP contribution in [0.15, 0.2) is 24.3 Å². The summed E-state index contributed by atoms with van der Waals surface area (Å²) in [6.07, 6.45) is 15.2. The fourth-order valence-electron chi connectivity index (χ4n) is 1.35. The summed E-state index contributed by atoms with van der Waals surface area (Å²) < 4.78 is 0. The lowest BCUT2D eigenvalue weighted by Crippen LogP contribution is -1.93. The van der Waals surface area contributed by atoms with Gasteiger partial charge in [-0.3, -0.25) is 4.79 Å². The molecule has 0 unspecified atom stereocenters. The van der Waals surface area contributed by atoms with Crippen molar-refractivity contribution < 1.29 is 9.90 Å². The third-order valence-electron chi connectivity index (χ3n) is 2.20. The minimum Gasteiger partial charge on any atom is -0.481 e. The fourth-order valence-corrected chi connectivity index (χ4v) is 1.35. The lowest BCUT2D eigenvalue weighted by molar-refractivity contribution is -0.137. The molecule has 2 heteroatoms. The smallest absolute Gasteiger partial charge is 0.303 e. The molecule has 0 radical (unpaired) electrons. The first kappa shape index (κ1) is 13.9. The molecular formula is C13H22O2. The third kappa shape index (κ3) is 12.9. The molecule has 0 aliphatic rings. The topological polar surface area (TPSA) is 37.3 Å². The number of hydrogen-bond donors (Lipinski definition) is 1. The molecule has 0 atom stereocenters. The minimum atomic E-state index is -0.677. The van der Waals surface area contributed by atoms with Crippen LogP contribution in [0.25, 0.3) is 0 Å². The van der Waals surface area contributed by atoms with Crippen LogP contribution in [0.2, 0.25) is 0 Å². The maximum absolute atomic E-state index is 10.2. The van der Waals surface area contributed by atoms with Crippen molar-refractivity contribution in [2.75, 3.05) is 0 Å². The second-order valence-corrected chi connectivity index (χ2v) is 3.65. The van der Waals surface area contributed by atoms with Gasteiger partial charge in [-0.25, -0.2) is 0 Å². The van der Waals surface area contributed by atoms with Gasteiger partial charge < -0.3 is 5.11 Å². The van der Waals surface area contributed by atoms with E-state index in [-0.39, 0.29) is 0 Å². The second kappa shape index (κ2) is 11.0. The number of carbonyl (C=O) groups is 1. The van der Waals surface area contributed by atoms with Gasteiger partial charge in [0.1, 0.15) is 0 Å². The van der Waals surface area contributed by atoms with E-state index in [2.05, 4.69) is 12.2 Å². The molecule has 15 heavy (non-hydrogen) atoms. The molecule has 0 aromatic carbocycles. The van der Waals surface area contributed by atoms with Gasteiger partial charge in [-0.1, -0.05) is 43.6 Å². The minimum absolute atomic E-state index is 0.321.